The summed E-state index contributed by atoms with van der Waals surface area (Å²) in [5.74, 6) is 0.962. The number of para-hydroxylation sites is 2. The molecule has 0 radical (unpaired) electrons. The van der Waals surface area contributed by atoms with Gasteiger partial charge in [0.2, 0.25) is 0 Å². The third-order valence-electron chi connectivity index (χ3n) is 2.23. The first-order valence-corrected chi connectivity index (χ1v) is 4.51. The molecule has 0 amide bonds. The first-order valence-electron chi connectivity index (χ1n) is 4.51. The average molecular weight is 212 g/mol. The summed E-state index contributed by atoms with van der Waals surface area (Å²) in [5, 5.41) is 0. The van der Waals surface area contributed by atoms with Crippen molar-refractivity contribution in [2.75, 3.05) is 0 Å². The molecule has 0 aliphatic heterocycles. The second-order valence-electron chi connectivity index (χ2n) is 2.97. The Morgan fingerprint density at radius 2 is 2.07 bits per heavy atom. The Bertz CT molecular complexity index is 422. The Labute approximate surface area is 89.3 Å². The number of hydrogen-bond acceptors (Lipinski definition) is 2. The Balaban J connectivity index is 0.000000980. The summed E-state index contributed by atoms with van der Waals surface area (Å²) in [7, 11) is 0. The number of aromatic nitrogens is 2. The van der Waals surface area contributed by atoms with Gasteiger partial charge in [0.1, 0.15) is 5.82 Å². The molecule has 2 N–H and O–H groups in total. The van der Waals surface area contributed by atoms with Gasteiger partial charge in [-0.3, -0.25) is 0 Å². The first kappa shape index (κ1) is 11.0. The summed E-state index contributed by atoms with van der Waals surface area (Å²) < 4.78 is 2.15. The van der Waals surface area contributed by atoms with Crippen molar-refractivity contribution in [2.24, 2.45) is 5.73 Å². The van der Waals surface area contributed by atoms with Crippen molar-refractivity contribution in [1.82, 2.24) is 9.55 Å². The topological polar surface area (TPSA) is 43.8 Å². The number of hydrogen-bond donors (Lipinski definition) is 1. The first-order chi connectivity index (χ1) is 6.36. The number of imidazole rings is 1. The van der Waals surface area contributed by atoms with Gasteiger partial charge in [0.15, 0.2) is 0 Å². The highest BCUT2D eigenvalue weighted by atomic mass is 35.5. The van der Waals surface area contributed by atoms with E-state index in [0.717, 1.165) is 17.9 Å². The minimum Gasteiger partial charge on any atom is -0.327 e. The Morgan fingerprint density at radius 3 is 2.71 bits per heavy atom. The van der Waals surface area contributed by atoms with E-state index in [2.05, 4.69) is 22.5 Å². The van der Waals surface area contributed by atoms with E-state index in [0.29, 0.717) is 6.54 Å². The largest absolute Gasteiger partial charge is 0.327 e. The molecule has 1 aromatic heterocycles. The van der Waals surface area contributed by atoms with Gasteiger partial charge >= 0.3 is 0 Å². The van der Waals surface area contributed by atoms with E-state index in [1.54, 1.807) is 0 Å². The summed E-state index contributed by atoms with van der Waals surface area (Å²) in [6.45, 7) is 3.53. The maximum Gasteiger partial charge on any atom is 0.123 e. The number of nitrogens with zero attached hydrogens (tertiary/aromatic N) is 2. The lowest BCUT2D eigenvalue weighted by atomic mass is 10.3. The third-order valence-corrected chi connectivity index (χ3v) is 2.23. The minimum atomic E-state index is 0. The summed E-state index contributed by atoms with van der Waals surface area (Å²) in [4.78, 5) is 4.44. The molecule has 0 saturated carbocycles. The van der Waals surface area contributed by atoms with Gasteiger partial charge in [0, 0.05) is 6.54 Å². The lowest BCUT2D eigenvalue weighted by molar-refractivity contribution is 0.718. The van der Waals surface area contributed by atoms with Crippen molar-refractivity contribution in [3.05, 3.63) is 30.1 Å². The molecule has 0 saturated heterocycles. The van der Waals surface area contributed by atoms with Gasteiger partial charge in [0.05, 0.1) is 17.6 Å². The number of nitrogens with two attached hydrogens (primary N) is 1. The molecular formula is C10H14ClN3. The van der Waals surface area contributed by atoms with Crippen LogP contribution in [0.5, 0.6) is 0 Å². The summed E-state index contributed by atoms with van der Waals surface area (Å²) in [5.41, 5.74) is 7.81. The van der Waals surface area contributed by atoms with Gasteiger partial charge in [-0.2, -0.15) is 0 Å². The monoisotopic (exact) mass is 211 g/mol. The van der Waals surface area contributed by atoms with Crippen LogP contribution < -0.4 is 5.73 Å². The lowest BCUT2D eigenvalue weighted by Crippen LogP contribution is -2.06. The van der Waals surface area contributed by atoms with Crippen molar-refractivity contribution < 1.29 is 0 Å². The SMILES string of the molecule is CCn1c(CN)nc2ccccc21.Cl. The highest BCUT2D eigenvalue weighted by Gasteiger charge is 2.05. The highest BCUT2D eigenvalue weighted by molar-refractivity contribution is 5.85. The number of halogens is 1. The predicted octanol–water partition coefficient (Wildman–Crippen LogP) is 1.94. The quantitative estimate of drug-likeness (QED) is 0.825. The summed E-state index contributed by atoms with van der Waals surface area (Å²) in [6, 6.07) is 8.11. The Morgan fingerprint density at radius 1 is 1.36 bits per heavy atom. The fourth-order valence-electron chi connectivity index (χ4n) is 1.63. The zero-order chi connectivity index (χ0) is 9.26. The van der Waals surface area contributed by atoms with Gasteiger partial charge in [-0.15, -0.1) is 12.4 Å². The van der Waals surface area contributed by atoms with E-state index in [4.69, 9.17) is 5.73 Å². The fraction of sp³-hybridized carbons (Fsp3) is 0.300. The van der Waals surface area contributed by atoms with E-state index in [1.807, 2.05) is 18.2 Å². The molecule has 1 aromatic carbocycles. The molecule has 0 aliphatic rings. The fourth-order valence-corrected chi connectivity index (χ4v) is 1.63. The van der Waals surface area contributed by atoms with Crippen LogP contribution in [-0.2, 0) is 13.1 Å². The van der Waals surface area contributed by atoms with Crippen LogP contribution in [0.3, 0.4) is 0 Å². The van der Waals surface area contributed by atoms with Gasteiger partial charge in [0.25, 0.3) is 0 Å². The molecule has 14 heavy (non-hydrogen) atoms. The van der Waals surface area contributed by atoms with Gasteiger partial charge < -0.3 is 10.3 Å². The Kier molecular flexibility index (Phi) is 3.49. The molecule has 0 bridgehead atoms. The molecule has 76 valence electrons. The molecule has 2 aromatic rings. The standard InChI is InChI=1S/C10H13N3.ClH/c1-2-13-9-6-4-3-5-8(9)12-10(13)7-11;/h3-6H,2,7,11H2,1H3;1H. The predicted molar refractivity (Wildman–Crippen MR) is 60.5 cm³/mol. The molecule has 3 nitrogen and oxygen atoms in total. The maximum absolute atomic E-state index is 5.61. The molecule has 0 aliphatic carbocycles. The summed E-state index contributed by atoms with van der Waals surface area (Å²) in [6.07, 6.45) is 0. The van der Waals surface area contributed by atoms with Crippen LogP contribution in [0.4, 0.5) is 0 Å². The van der Waals surface area contributed by atoms with E-state index in [-0.39, 0.29) is 12.4 Å². The number of rotatable bonds is 2. The third kappa shape index (κ3) is 1.61. The van der Waals surface area contributed by atoms with Crippen molar-refractivity contribution >= 4 is 23.4 Å². The second-order valence-corrected chi connectivity index (χ2v) is 2.97. The van der Waals surface area contributed by atoms with Gasteiger partial charge in [-0.05, 0) is 19.1 Å². The van der Waals surface area contributed by atoms with Crippen molar-refractivity contribution in [2.45, 2.75) is 20.0 Å². The normalized spacial score (nSPS) is 10.1. The second kappa shape index (κ2) is 4.44. The van der Waals surface area contributed by atoms with Crippen LogP contribution in [0.1, 0.15) is 12.7 Å². The zero-order valence-electron chi connectivity index (χ0n) is 8.10. The highest BCUT2D eigenvalue weighted by Crippen LogP contribution is 2.14. The Hall–Kier alpha value is -1.06. The summed E-state index contributed by atoms with van der Waals surface area (Å²) >= 11 is 0. The van der Waals surface area contributed by atoms with Crippen LogP contribution in [0.2, 0.25) is 0 Å². The van der Waals surface area contributed by atoms with E-state index in [1.165, 1.54) is 5.52 Å². The number of fused-ring (bicyclic) bond motifs is 1. The molecular weight excluding hydrogens is 198 g/mol. The van der Waals surface area contributed by atoms with Crippen LogP contribution >= 0.6 is 12.4 Å². The average Bonchev–Trinajstić information content (AvgIpc) is 2.55. The molecule has 1 heterocycles. The molecule has 0 unspecified atom stereocenters. The van der Waals surface area contributed by atoms with E-state index < -0.39 is 0 Å². The van der Waals surface area contributed by atoms with Crippen molar-refractivity contribution in [3.8, 4) is 0 Å². The van der Waals surface area contributed by atoms with Crippen LogP contribution in [-0.4, -0.2) is 9.55 Å². The van der Waals surface area contributed by atoms with Crippen LogP contribution in [0.15, 0.2) is 24.3 Å². The molecule has 2 rings (SSSR count). The van der Waals surface area contributed by atoms with E-state index in [9.17, 15) is 0 Å². The molecule has 4 heteroatoms. The minimum absolute atomic E-state index is 0. The lowest BCUT2D eigenvalue weighted by Gasteiger charge is -2.02. The molecule has 0 fully saturated rings. The number of aryl methyl sites for hydroxylation is 1. The smallest absolute Gasteiger partial charge is 0.123 e. The zero-order valence-corrected chi connectivity index (χ0v) is 8.92. The van der Waals surface area contributed by atoms with Crippen molar-refractivity contribution in [3.63, 3.8) is 0 Å². The maximum atomic E-state index is 5.61. The molecule has 0 spiro atoms. The van der Waals surface area contributed by atoms with Crippen LogP contribution in [0, 0.1) is 0 Å². The number of benzene rings is 1. The van der Waals surface area contributed by atoms with Crippen molar-refractivity contribution in [1.29, 1.82) is 0 Å². The van der Waals surface area contributed by atoms with Crippen LogP contribution in [0.25, 0.3) is 11.0 Å². The van der Waals surface area contributed by atoms with Gasteiger partial charge in [-0.25, -0.2) is 4.98 Å². The van der Waals surface area contributed by atoms with E-state index >= 15 is 0 Å². The van der Waals surface area contributed by atoms with Gasteiger partial charge in [-0.1, -0.05) is 12.1 Å². The molecule has 0 atom stereocenters.